The standard InChI is InChI=1S/C17H24N2O2/c1-13(2)17(21)18-15-10-11-19(12-15)16(20)9-8-14-6-4-3-5-7-14/h3-7,13,15H,8-12H2,1-2H3,(H,18,21)/t15-/m1/s1. The molecule has 114 valence electrons. The van der Waals surface area contributed by atoms with Crippen LogP contribution in [0, 0.1) is 5.92 Å². The van der Waals surface area contributed by atoms with Crippen LogP contribution >= 0.6 is 0 Å². The Balaban J connectivity index is 1.76. The Kier molecular flexibility index (Phi) is 5.37. The number of nitrogens with zero attached hydrogens (tertiary/aromatic N) is 1. The minimum absolute atomic E-state index is 0.00664. The normalized spacial score (nSPS) is 18.0. The molecular weight excluding hydrogens is 264 g/mol. The van der Waals surface area contributed by atoms with Crippen LogP contribution in [-0.4, -0.2) is 35.8 Å². The Morgan fingerprint density at radius 3 is 2.67 bits per heavy atom. The topological polar surface area (TPSA) is 49.4 Å². The lowest BCUT2D eigenvalue weighted by molar-refractivity contribution is -0.130. The lowest BCUT2D eigenvalue weighted by Gasteiger charge is -2.18. The third kappa shape index (κ3) is 4.59. The molecule has 2 amide bonds. The molecule has 1 atom stereocenters. The van der Waals surface area contributed by atoms with Crippen molar-refractivity contribution in [2.24, 2.45) is 5.92 Å². The molecule has 0 bridgehead atoms. The summed E-state index contributed by atoms with van der Waals surface area (Å²) in [6, 6.07) is 10.2. The average Bonchev–Trinajstić information content (AvgIpc) is 2.94. The first kappa shape index (κ1) is 15.5. The SMILES string of the molecule is CC(C)C(=O)N[C@@H]1CCN(C(=O)CCc2ccccc2)C1. The van der Waals surface area contributed by atoms with Crippen molar-refractivity contribution >= 4 is 11.8 Å². The average molecular weight is 288 g/mol. The van der Waals surface area contributed by atoms with Crippen LogP contribution in [0.2, 0.25) is 0 Å². The number of nitrogens with one attached hydrogen (secondary N) is 1. The summed E-state index contributed by atoms with van der Waals surface area (Å²) in [6.07, 6.45) is 2.17. The molecule has 1 saturated heterocycles. The number of benzene rings is 1. The zero-order valence-corrected chi connectivity index (χ0v) is 12.8. The Morgan fingerprint density at radius 2 is 2.00 bits per heavy atom. The molecule has 2 rings (SSSR count). The van der Waals surface area contributed by atoms with Crippen LogP contribution in [-0.2, 0) is 16.0 Å². The summed E-state index contributed by atoms with van der Waals surface area (Å²) >= 11 is 0. The number of rotatable bonds is 5. The van der Waals surface area contributed by atoms with Gasteiger partial charge in [0.25, 0.3) is 0 Å². The monoisotopic (exact) mass is 288 g/mol. The van der Waals surface area contributed by atoms with E-state index < -0.39 is 0 Å². The molecule has 0 aliphatic carbocycles. The number of carbonyl (C=O) groups excluding carboxylic acids is 2. The largest absolute Gasteiger partial charge is 0.351 e. The zero-order valence-electron chi connectivity index (χ0n) is 12.8. The molecule has 4 heteroatoms. The van der Waals surface area contributed by atoms with Gasteiger partial charge in [-0.05, 0) is 18.4 Å². The second-order valence-electron chi connectivity index (χ2n) is 5.97. The van der Waals surface area contributed by atoms with E-state index in [0.717, 1.165) is 19.4 Å². The summed E-state index contributed by atoms with van der Waals surface area (Å²) in [5, 5.41) is 3.00. The summed E-state index contributed by atoms with van der Waals surface area (Å²) in [7, 11) is 0. The molecule has 4 nitrogen and oxygen atoms in total. The second kappa shape index (κ2) is 7.25. The maximum Gasteiger partial charge on any atom is 0.222 e. The summed E-state index contributed by atoms with van der Waals surface area (Å²) < 4.78 is 0. The number of carbonyl (C=O) groups is 2. The Labute approximate surface area is 126 Å². The molecule has 1 aliphatic heterocycles. The third-order valence-electron chi connectivity index (χ3n) is 3.88. The third-order valence-corrected chi connectivity index (χ3v) is 3.88. The van der Waals surface area contributed by atoms with E-state index in [1.54, 1.807) is 0 Å². The van der Waals surface area contributed by atoms with Crippen molar-refractivity contribution in [3.63, 3.8) is 0 Å². The highest BCUT2D eigenvalue weighted by molar-refractivity contribution is 5.79. The van der Waals surface area contributed by atoms with Crippen molar-refractivity contribution in [1.29, 1.82) is 0 Å². The fourth-order valence-corrected chi connectivity index (χ4v) is 2.53. The first-order chi connectivity index (χ1) is 10.1. The molecule has 1 aliphatic rings. The van der Waals surface area contributed by atoms with E-state index in [2.05, 4.69) is 5.32 Å². The van der Waals surface area contributed by atoms with Crippen LogP contribution in [0.4, 0.5) is 0 Å². The van der Waals surface area contributed by atoms with Crippen molar-refractivity contribution in [2.75, 3.05) is 13.1 Å². The molecule has 1 fully saturated rings. The van der Waals surface area contributed by atoms with Crippen molar-refractivity contribution < 1.29 is 9.59 Å². The highest BCUT2D eigenvalue weighted by atomic mass is 16.2. The zero-order chi connectivity index (χ0) is 15.2. The first-order valence-corrected chi connectivity index (χ1v) is 7.68. The van der Waals surface area contributed by atoms with Crippen molar-refractivity contribution in [1.82, 2.24) is 10.2 Å². The van der Waals surface area contributed by atoms with Crippen LogP contribution in [0.5, 0.6) is 0 Å². The van der Waals surface area contributed by atoms with Gasteiger partial charge in [-0.3, -0.25) is 9.59 Å². The van der Waals surface area contributed by atoms with Gasteiger partial charge in [0.2, 0.25) is 11.8 Å². The van der Waals surface area contributed by atoms with E-state index in [0.29, 0.717) is 13.0 Å². The lowest BCUT2D eigenvalue weighted by atomic mass is 10.1. The van der Waals surface area contributed by atoms with Crippen molar-refractivity contribution in [2.45, 2.75) is 39.2 Å². The Bertz CT molecular complexity index is 485. The number of amides is 2. The lowest BCUT2D eigenvalue weighted by Crippen LogP contribution is -2.40. The number of hydrogen-bond acceptors (Lipinski definition) is 2. The van der Waals surface area contributed by atoms with Crippen LogP contribution in [0.15, 0.2) is 30.3 Å². The van der Waals surface area contributed by atoms with Gasteiger partial charge in [0.15, 0.2) is 0 Å². The van der Waals surface area contributed by atoms with E-state index in [1.807, 2.05) is 49.1 Å². The van der Waals surface area contributed by atoms with Crippen LogP contribution in [0.1, 0.15) is 32.3 Å². The molecule has 0 spiro atoms. The summed E-state index contributed by atoms with van der Waals surface area (Å²) in [5.74, 6) is 0.242. The highest BCUT2D eigenvalue weighted by Gasteiger charge is 2.27. The summed E-state index contributed by atoms with van der Waals surface area (Å²) in [4.78, 5) is 25.7. The molecular formula is C17H24N2O2. The molecule has 0 unspecified atom stereocenters. The van der Waals surface area contributed by atoms with Gasteiger partial charge in [-0.1, -0.05) is 44.2 Å². The van der Waals surface area contributed by atoms with Gasteiger partial charge in [0, 0.05) is 31.5 Å². The minimum atomic E-state index is -0.00664. The smallest absolute Gasteiger partial charge is 0.222 e. The Morgan fingerprint density at radius 1 is 1.29 bits per heavy atom. The van der Waals surface area contributed by atoms with E-state index in [1.165, 1.54) is 5.56 Å². The quantitative estimate of drug-likeness (QED) is 0.901. The van der Waals surface area contributed by atoms with Gasteiger partial charge in [-0.15, -0.1) is 0 Å². The molecule has 1 aromatic carbocycles. The predicted molar refractivity (Wildman–Crippen MR) is 82.7 cm³/mol. The van der Waals surface area contributed by atoms with Gasteiger partial charge in [-0.25, -0.2) is 0 Å². The van der Waals surface area contributed by atoms with E-state index in [9.17, 15) is 9.59 Å². The minimum Gasteiger partial charge on any atom is -0.351 e. The van der Waals surface area contributed by atoms with E-state index >= 15 is 0 Å². The molecule has 1 aromatic rings. The van der Waals surface area contributed by atoms with Crippen LogP contribution in [0.25, 0.3) is 0 Å². The number of aryl methyl sites for hydroxylation is 1. The molecule has 1 N–H and O–H groups in total. The van der Waals surface area contributed by atoms with E-state index in [4.69, 9.17) is 0 Å². The number of hydrogen-bond donors (Lipinski definition) is 1. The van der Waals surface area contributed by atoms with Gasteiger partial charge in [0.05, 0.1) is 0 Å². The van der Waals surface area contributed by atoms with E-state index in [-0.39, 0.29) is 23.8 Å². The maximum atomic E-state index is 12.2. The van der Waals surface area contributed by atoms with Crippen LogP contribution < -0.4 is 5.32 Å². The molecule has 0 saturated carbocycles. The first-order valence-electron chi connectivity index (χ1n) is 7.68. The fraction of sp³-hybridized carbons (Fsp3) is 0.529. The second-order valence-corrected chi connectivity index (χ2v) is 5.97. The van der Waals surface area contributed by atoms with Gasteiger partial charge in [0.1, 0.15) is 0 Å². The highest BCUT2D eigenvalue weighted by Crippen LogP contribution is 2.13. The van der Waals surface area contributed by atoms with Gasteiger partial charge >= 0.3 is 0 Å². The summed E-state index contributed by atoms with van der Waals surface area (Å²) in [5.41, 5.74) is 1.19. The molecule has 21 heavy (non-hydrogen) atoms. The van der Waals surface area contributed by atoms with Gasteiger partial charge < -0.3 is 10.2 Å². The predicted octanol–water partition coefficient (Wildman–Crippen LogP) is 1.99. The maximum absolute atomic E-state index is 12.2. The number of likely N-dealkylation sites (tertiary alicyclic amines) is 1. The van der Waals surface area contributed by atoms with Crippen molar-refractivity contribution in [3.05, 3.63) is 35.9 Å². The fourth-order valence-electron chi connectivity index (χ4n) is 2.53. The van der Waals surface area contributed by atoms with Crippen LogP contribution in [0.3, 0.4) is 0 Å². The van der Waals surface area contributed by atoms with Gasteiger partial charge in [-0.2, -0.15) is 0 Å². The van der Waals surface area contributed by atoms with Crippen molar-refractivity contribution in [3.8, 4) is 0 Å². The summed E-state index contributed by atoms with van der Waals surface area (Å²) in [6.45, 7) is 5.16. The molecule has 0 aromatic heterocycles. The molecule has 0 radical (unpaired) electrons. The Hall–Kier alpha value is -1.84. The molecule has 1 heterocycles.